The Bertz CT molecular complexity index is 399. The molecule has 1 aliphatic carbocycles. The lowest BCUT2D eigenvalue weighted by molar-refractivity contribution is 0.234. The van der Waals surface area contributed by atoms with Crippen molar-refractivity contribution >= 4 is 0 Å². The summed E-state index contributed by atoms with van der Waals surface area (Å²) in [6, 6.07) is 6.33. The van der Waals surface area contributed by atoms with E-state index in [2.05, 4.69) is 24.4 Å². The molecule has 1 saturated carbocycles. The minimum absolute atomic E-state index is 0.301. The van der Waals surface area contributed by atoms with Gasteiger partial charge in [-0.2, -0.15) is 0 Å². The monoisotopic (exact) mass is 249 g/mol. The maximum atomic E-state index is 5.40. The van der Waals surface area contributed by atoms with E-state index in [0.29, 0.717) is 5.41 Å². The van der Waals surface area contributed by atoms with Gasteiger partial charge in [0.25, 0.3) is 0 Å². The van der Waals surface area contributed by atoms with Gasteiger partial charge >= 0.3 is 0 Å². The molecule has 3 heteroatoms. The molecule has 0 spiro atoms. The van der Waals surface area contributed by atoms with E-state index >= 15 is 0 Å². The minimum Gasteiger partial charge on any atom is -0.493 e. The largest absolute Gasteiger partial charge is 0.493 e. The summed E-state index contributed by atoms with van der Waals surface area (Å²) < 4.78 is 10.7. The summed E-state index contributed by atoms with van der Waals surface area (Å²) >= 11 is 0. The van der Waals surface area contributed by atoms with Crippen molar-refractivity contribution in [3.05, 3.63) is 23.8 Å². The maximum absolute atomic E-state index is 5.40. The molecular formula is C15H23NO2. The maximum Gasteiger partial charge on any atom is 0.161 e. The molecule has 100 valence electrons. The van der Waals surface area contributed by atoms with Crippen LogP contribution < -0.4 is 14.8 Å². The quantitative estimate of drug-likeness (QED) is 0.841. The van der Waals surface area contributed by atoms with Gasteiger partial charge in [-0.25, -0.2) is 0 Å². The van der Waals surface area contributed by atoms with E-state index in [0.717, 1.165) is 24.6 Å². The lowest BCUT2D eigenvalue weighted by Gasteiger charge is -2.43. The Morgan fingerprint density at radius 1 is 1.17 bits per heavy atom. The van der Waals surface area contributed by atoms with Crippen LogP contribution in [0.25, 0.3) is 0 Å². The summed E-state index contributed by atoms with van der Waals surface area (Å²) in [5, 5.41) is 3.48. The van der Waals surface area contributed by atoms with Crippen molar-refractivity contribution in [2.45, 2.75) is 31.6 Å². The molecule has 0 saturated heterocycles. The molecule has 0 heterocycles. The molecule has 3 nitrogen and oxygen atoms in total. The molecule has 0 atom stereocenters. The van der Waals surface area contributed by atoms with Crippen LogP contribution in [0, 0.1) is 0 Å². The third-order valence-electron chi connectivity index (χ3n) is 4.02. The zero-order valence-corrected chi connectivity index (χ0v) is 11.6. The normalized spacial score (nSPS) is 17.1. The van der Waals surface area contributed by atoms with Crippen molar-refractivity contribution in [3.63, 3.8) is 0 Å². The number of likely N-dealkylation sites (N-methyl/N-ethyl adjacent to an activating group) is 1. The third kappa shape index (κ3) is 2.32. The highest BCUT2D eigenvalue weighted by Crippen LogP contribution is 2.45. The van der Waals surface area contributed by atoms with Crippen molar-refractivity contribution < 1.29 is 9.47 Å². The van der Waals surface area contributed by atoms with E-state index in [1.54, 1.807) is 14.2 Å². The van der Waals surface area contributed by atoms with Crippen LogP contribution in [0.15, 0.2) is 18.2 Å². The average molecular weight is 249 g/mol. The standard InChI is InChI=1S/C15H23NO2/c1-4-16-11-15(8-5-9-15)12-6-7-13(17-2)14(10-12)18-3/h6-7,10,16H,4-5,8-9,11H2,1-3H3. The SMILES string of the molecule is CCNCC1(c2ccc(OC)c(OC)c2)CCC1. The van der Waals surface area contributed by atoms with E-state index < -0.39 is 0 Å². The van der Waals surface area contributed by atoms with E-state index in [9.17, 15) is 0 Å². The highest BCUT2D eigenvalue weighted by molar-refractivity contribution is 5.46. The molecule has 0 radical (unpaired) electrons. The number of hydrogen-bond acceptors (Lipinski definition) is 3. The molecule has 1 fully saturated rings. The van der Waals surface area contributed by atoms with Gasteiger partial charge in [-0.05, 0) is 37.1 Å². The molecule has 1 N–H and O–H groups in total. The second kappa shape index (κ2) is 5.61. The van der Waals surface area contributed by atoms with Gasteiger partial charge in [-0.15, -0.1) is 0 Å². The summed E-state index contributed by atoms with van der Waals surface area (Å²) in [5.74, 6) is 1.64. The molecule has 1 aliphatic rings. The zero-order valence-electron chi connectivity index (χ0n) is 11.6. The molecule has 1 aromatic carbocycles. The number of rotatable bonds is 6. The summed E-state index contributed by atoms with van der Waals surface area (Å²) in [7, 11) is 3.37. The predicted octanol–water partition coefficient (Wildman–Crippen LogP) is 2.74. The molecule has 0 bridgehead atoms. The van der Waals surface area contributed by atoms with Gasteiger partial charge in [-0.3, -0.25) is 0 Å². The van der Waals surface area contributed by atoms with Crippen molar-refractivity contribution in [2.75, 3.05) is 27.3 Å². The first-order valence-electron chi connectivity index (χ1n) is 6.69. The van der Waals surface area contributed by atoms with Crippen molar-refractivity contribution in [3.8, 4) is 11.5 Å². The van der Waals surface area contributed by atoms with Crippen LogP contribution in [-0.2, 0) is 5.41 Å². The topological polar surface area (TPSA) is 30.5 Å². The lowest BCUT2D eigenvalue weighted by Crippen LogP contribution is -2.43. The molecule has 2 rings (SSSR count). The molecule has 0 aromatic heterocycles. The first kappa shape index (κ1) is 13.2. The summed E-state index contributed by atoms with van der Waals surface area (Å²) in [6.45, 7) is 4.23. The Morgan fingerprint density at radius 2 is 1.89 bits per heavy atom. The Kier molecular flexibility index (Phi) is 4.12. The highest BCUT2D eigenvalue weighted by atomic mass is 16.5. The fraction of sp³-hybridized carbons (Fsp3) is 0.600. The zero-order chi connectivity index (χ0) is 13.0. The number of ether oxygens (including phenoxy) is 2. The molecule has 0 unspecified atom stereocenters. The van der Waals surface area contributed by atoms with Crippen molar-refractivity contribution in [1.29, 1.82) is 0 Å². The van der Waals surface area contributed by atoms with Gasteiger partial charge in [0.1, 0.15) is 0 Å². The summed E-state index contributed by atoms with van der Waals surface area (Å²) in [4.78, 5) is 0. The van der Waals surface area contributed by atoms with E-state index in [1.807, 2.05) is 6.07 Å². The summed E-state index contributed by atoms with van der Waals surface area (Å²) in [5.41, 5.74) is 1.67. The van der Waals surface area contributed by atoms with Crippen LogP contribution in [0.3, 0.4) is 0 Å². The second-order valence-corrected chi connectivity index (χ2v) is 4.98. The number of nitrogens with one attached hydrogen (secondary N) is 1. The molecule has 18 heavy (non-hydrogen) atoms. The Morgan fingerprint density at radius 3 is 2.39 bits per heavy atom. The van der Waals surface area contributed by atoms with Gasteiger partial charge in [-0.1, -0.05) is 19.4 Å². The molecular weight excluding hydrogens is 226 g/mol. The number of methoxy groups -OCH3 is 2. The van der Waals surface area contributed by atoms with Gasteiger partial charge in [0.2, 0.25) is 0 Å². The first-order chi connectivity index (χ1) is 8.75. The average Bonchev–Trinajstić information content (AvgIpc) is 2.37. The van der Waals surface area contributed by atoms with Crippen molar-refractivity contribution in [1.82, 2.24) is 5.32 Å². The van der Waals surface area contributed by atoms with Gasteiger partial charge < -0.3 is 14.8 Å². The molecule has 1 aromatic rings. The van der Waals surface area contributed by atoms with Crippen LogP contribution in [0.5, 0.6) is 11.5 Å². The fourth-order valence-corrected chi connectivity index (χ4v) is 2.70. The Labute approximate surface area is 109 Å². The van der Waals surface area contributed by atoms with Crippen molar-refractivity contribution in [2.24, 2.45) is 0 Å². The number of hydrogen-bond donors (Lipinski definition) is 1. The molecule has 0 amide bonds. The summed E-state index contributed by atoms with van der Waals surface area (Å²) in [6.07, 6.45) is 3.84. The van der Waals surface area contributed by atoms with Gasteiger partial charge in [0.05, 0.1) is 14.2 Å². The van der Waals surface area contributed by atoms with Gasteiger partial charge in [0.15, 0.2) is 11.5 Å². The third-order valence-corrected chi connectivity index (χ3v) is 4.02. The molecule has 0 aliphatic heterocycles. The van der Waals surface area contributed by atoms with Gasteiger partial charge in [0, 0.05) is 12.0 Å². The minimum atomic E-state index is 0.301. The second-order valence-electron chi connectivity index (χ2n) is 4.98. The van der Waals surface area contributed by atoms with E-state index in [-0.39, 0.29) is 0 Å². The lowest BCUT2D eigenvalue weighted by atomic mass is 9.64. The van der Waals surface area contributed by atoms with Crippen LogP contribution >= 0.6 is 0 Å². The fourth-order valence-electron chi connectivity index (χ4n) is 2.70. The van der Waals surface area contributed by atoms with Crippen LogP contribution in [0.2, 0.25) is 0 Å². The van der Waals surface area contributed by atoms with E-state index in [1.165, 1.54) is 24.8 Å². The van der Waals surface area contributed by atoms with Crippen LogP contribution in [0.1, 0.15) is 31.7 Å². The first-order valence-corrected chi connectivity index (χ1v) is 6.69. The Balaban J connectivity index is 2.25. The smallest absolute Gasteiger partial charge is 0.161 e. The van der Waals surface area contributed by atoms with Crippen LogP contribution in [0.4, 0.5) is 0 Å². The van der Waals surface area contributed by atoms with E-state index in [4.69, 9.17) is 9.47 Å². The highest BCUT2D eigenvalue weighted by Gasteiger charge is 2.38. The van der Waals surface area contributed by atoms with Crippen LogP contribution in [-0.4, -0.2) is 27.3 Å². The predicted molar refractivity (Wildman–Crippen MR) is 73.6 cm³/mol. The number of benzene rings is 1. The Hall–Kier alpha value is -1.22.